The number of halogens is 2. The van der Waals surface area contributed by atoms with Gasteiger partial charge in [-0.15, -0.1) is 0 Å². The molecule has 9 nitrogen and oxygen atoms in total. The molecule has 1 atom stereocenters. The molecule has 3 N–H and O–H groups in total. The van der Waals surface area contributed by atoms with Gasteiger partial charge < -0.3 is 20.7 Å². The Hall–Kier alpha value is -3.96. The third-order valence-electron chi connectivity index (χ3n) is 5.99. The highest BCUT2D eigenvalue weighted by molar-refractivity contribution is 5.92. The Morgan fingerprint density at radius 1 is 1.17 bits per heavy atom. The van der Waals surface area contributed by atoms with Crippen LogP contribution in [0, 0.1) is 0 Å². The Morgan fingerprint density at radius 3 is 2.67 bits per heavy atom. The molecule has 0 saturated carbocycles. The number of rotatable bonds is 6. The highest BCUT2D eigenvalue weighted by Crippen LogP contribution is 2.31. The van der Waals surface area contributed by atoms with Crippen LogP contribution in [0.15, 0.2) is 54.6 Å². The lowest BCUT2D eigenvalue weighted by molar-refractivity contribution is -0.114. The van der Waals surface area contributed by atoms with Crippen LogP contribution in [-0.2, 0) is 9.53 Å². The summed E-state index contributed by atoms with van der Waals surface area (Å²) in [6.45, 7) is 3.47. The van der Waals surface area contributed by atoms with Gasteiger partial charge in [0, 0.05) is 23.9 Å². The van der Waals surface area contributed by atoms with Crippen molar-refractivity contribution >= 4 is 28.6 Å². The van der Waals surface area contributed by atoms with E-state index >= 15 is 0 Å². The predicted octanol–water partition coefficient (Wildman–Crippen LogP) is 3.54. The molecule has 1 amide bonds. The monoisotopic (exact) mass is 493 g/mol. The molecule has 0 bridgehead atoms. The molecule has 2 aromatic heterocycles. The normalized spacial score (nSPS) is 16.0. The number of aromatic nitrogens is 4. The summed E-state index contributed by atoms with van der Waals surface area (Å²) in [5.41, 5.74) is 8.22. The maximum absolute atomic E-state index is 14.1. The largest absolute Gasteiger partial charge is 0.377 e. The minimum atomic E-state index is -2.80. The quantitative estimate of drug-likeness (QED) is 0.423. The summed E-state index contributed by atoms with van der Waals surface area (Å²) in [5.74, 6) is 0.0128. The van der Waals surface area contributed by atoms with Gasteiger partial charge in [-0.1, -0.05) is 24.3 Å². The van der Waals surface area contributed by atoms with Gasteiger partial charge in [0.05, 0.1) is 42.5 Å². The maximum atomic E-state index is 14.1. The molecule has 2 aromatic carbocycles. The van der Waals surface area contributed by atoms with E-state index in [1.165, 1.54) is 4.57 Å². The second-order valence-electron chi connectivity index (χ2n) is 8.45. The molecule has 4 aromatic rings. The number of alkyl halides is 2. The van der Waals surface area contributed by atoms with E-state index in [4.69, 9.17) is 20.4 Å². The van der Waals surface area contributed by atoms with Gasteiger partial charge in [0.1, 0.15) is 5.82 Å². The first kappa shape index (κ1) is 23.8. The van der Waals surface area contributed by atoms with Crippen molar-refractivity contribution in [2.24, 2.45) is 5.73 Å². The third kappa shape index (κ3) is 4.62. The van der Waals surface area contributed by atoms with Gasteiger partial charge in [0.15, 0.2) is 5.82 Å². The minimum absolute atomic E-state index is 0.00445. The van der Waals surface area contributed by atoms with Crippen molar-refractivity contribution < 1.29 is 18.3 Å². The summed E-state index contributed by atoms with van der Waals surface area (Å²) in [6.07, 6.45) is -2.80. The topological polar surface area (TPSA) is 111 Å². The van der Waals surface area contributed by atoms with E-state index in [0.29, 0.717) is 53.9 Å². The van der Waals surface area contributed by atoms with Gasteiger partial charge in [0.25, 0.3) is 6.43 Å². The Labute approximate surface area is 205 Å². The van der Waals surface area contributed by atoms with E-state index in [1.54, 1.807) is 54.6 Å². The second kappa shape index (κ2) is 9.96. The molecule has 3 heterocycles. The molecular formula is C25H25F2N7O2. The van der Waals surface area contributed by atoms with E-state index in [9.17, 15) is 13.6 Å². The summed E-state index contributed by atoms with van der Waals surface area (Å²) in [4.78, 5) is 27.3. The van der Waals surface area contributed by atoms with Crippen molar-refractivity contribution in [2.75, 3.05) is 36.5 Å². The zero-order valence-electron chi connectivity index (χ0n) is 19.6. The van der Waals surface area contributed by atoms with Crippen molar-refractivity contribution in [3.8, 4) is 17.1 Å². The first-order chi connectivity index (χ1) is 17.4. The number of hydrogen-bond acceptors (Lipinski definition) is 7. The number of imidazole rings is 1. The van der Waals surface area contributed by atoms with Crippen LogP contribution in [-0.4, -0.2) is 57.8 Å². The van der Waals surface area contributed by atoms with Crippen molar-refractivity contribution in [2.45, 2.75) is 19.4 Å². The van der Waals surface area contributed by atoms with E-state index in [-0.39, 0.29) is 24.3 Å². The first-order valence-electron chi connectivity index (χ1n) is 11.5. The average Bonchev–Trinajstić information content (AvgIpc) is 3.29. The van der Waals surface area contributed by atoms with Gasteiger partial charge in [-0.05, 0) is 31.2 Å². The summed E-state index contributed by atoms with van der Waals surface area (Å²) in [5, 5.41) is 2.70. The number of hydrogen-bond donors (Lipinski definition) is 2. The third-order valence-corrected chi connectivity index (χ3v) is 5.99. The Kier molecular flexibility index (Phi) is 6.57. The number of morpholine rings is 1. The molecule has 0 aliphatic carbocycles. The molecule has 1 fully saturated rings. The summed E-state index contributed by atoms with van der Waals surface area (Å²) in [6, 6.07) is 15.7. The van der Waals surface area contributed by atoms with E-state index in [0.717, 1.165) is 5.56 Å². The van der Waals surface area contributed by atoms with Crippen LogP contribution < -0.4 is 16.0 Å². The Morgan fingerprint density at radius 2 is 1.94 bits per heavy atom. The van der Waals surface area contributed by atoms with Crippen LogP contribution in [0.5, 0.6) is 0 Å². The molecule has 5 rings (SSSR count). The Bertz CT molecular complexity index is 1390. The minimum Gasteiger partial charge on any atom is -0.377 e. The van der Waals surface area contributed by atoms with Crippen molar-refractivity contribution in [3.05, 3.63) is 60.4 Å². The lowest BCUT2D eigenvalue weighted by atomic mass is 10.1. The van der Waals surface area contributed by atoms with Crippen LogP contribution in [0.3, 0.4) is 0 Å². The lowest BCUT2D eigenvalue weighted by Gasteiger charge is -2.33. The molecule has 0 spiro atoms. The van der Waals surface area contributed by atoms with Gasteiger partial charge in [-0.25, -0.2) is 18.7 Å². The number of ether oxygens (including phenoxy) is 1. The highest BCUT2D eigenvalue weighted by atomic mass is 19.3. The van der Waals surface area contributed by atoms with Crippen LogP contribution in [0.4, 0.5) is 20.4 Å². The van der Waals surface area contributed by atoms with Gasteiger partial charge in [-0.2, -0.15) is 4.98 Å². The van der Waals surface area contributed by atoms with Crippen LogP contribution in [0.25, 0.3) is 28.1 Å². The molecule has 0 unspecified atom stereocenters. The number of fused-ring (bicyclic) bond motifs is 1. The van der Waals surface area contributed by atoms with Crippen LogP contribution in [0.1, 0.15) is 19.2 Å². The summed E-state index contributed by atoms with van der Waals surface area (Å²) < 4.78 is 35.1. The smallest absolute Gasteiger partial charge is 0.296 e. The van der Waals surface area contributed by atoms with Crippen molar-refractivity contribution in [3.63, 3.8) is 0 Å². The number of nitrogens with two attached hydrogens (primary N) is 1. The van der Waals surface area contributed by atoms with Crippen LogP contribution in [0.2, 0.25) is 0 Å². The van der Waals surface area contributed by atoms with Crippen molar-refractivity contribution in [1.29, 1.82) is 0 Å². The average molecular weight is 494 g/mol. The van der Waals surface area contributed by atoms with E-state index in [2.05, 4.69) is 10.3 Å². The van der Waals surface area contributed by atoms with Gasteiger partial charge >= 0.3 is 0 Å². The maximum Gasteiger partial charge on any atom is 0.296 e. The number of benzene rings is 2. The van der Waals surface area contributed by atoms with Gasteiger partial charge in [0.2, 0.25) is 11.9 Å². The number of nitrogens with one attached hydrogen (secondary N) is 1. The number of amides is 1. The zero-order chi connectivity index (χ0) is 25.2. The molecule has 36 heavy (non-hydrogen) atoms. The second-order valence-corrected chi connectivity index (χ2v) is 8.45. The number of para-hydroxylation sites is 2. The summed E-state index contributed by atoms with van der Waals surface area (Å²) in [7, 11) is 0. The predicted molar refractivity (Wildman–Crippen MR) is 132 cm³/mol. The number of carbonyl (C=O) groups is 1. The fraction of sp³-hybridized carbons (Fsp3) is 0.280. The van der Waals surface area contributed by atoms with Crippen molar-refractivity contribution in [1.82, 2.24) is 19.5 Å². The molecule has 1 aliphatic heterocycles. The SMILES string of the molecule is C[C@H]1COCCN1c1nc(-c2ccc(NC(=O)CN)cc2)cc(-n2c(C(F)F)nc3ccccc32)n1. The van der Waals surface area contributed by atoms with Gasteiger partial charge in [-0.3, -0.25) is 9.36 Å². The molecular weight excluding hydrogens is 468 g/mol. The fourth-order valence-electron chi connectivity index (χ4n) is 4.21. The van der Waals surface area contributed by atoms with E-state index < -0.39 is 6.43 Å². The molecule has 1 saturated heterocycles. The van der Waals surface area contributed by atoms with Crippen LogP contribution >= 0.6 is 0 Å². The molecule has 0 radical (unpaired) electrons. The highest BCUT2D eigenvalue weighted by Gasteiger charge is 2.26. The lowest BCUT2D eigenvalue weighted by Crippen LogP contribution is -2.44. The first-order valence-corrected chi connectivity index (χ1v) is 11.5. The van der Waals surface area contributed by atoms with E-state index in [1.807, 2.05) is 11.8 Å². The number of anilines is 2. The standard InChI is InChI=1S/C25H25F2N7O2/c1-15-14-36-11-10-33(15)25-31-19(16-6-8-17(9-7-16)29-22(35)13-28)12-21(32-25)34-20-5-3-2-4-18(20)30-24(34)23(26)27/h2-9,12,15,23H,10-11,13-14,28H2,1H3,(H,29,35)/t15-/m0/s1. The zero-order valence-corrected chi connectivity index (χ0v) is 19.6. The molecule has 186 valence electrons. The summed E-state index contributed by atoms with van der Waals surface area (Å²) >= 11 is 0. The Balaban J connectivity index is 1.66. The molecule has 11 heteroatoms. The fourth-order valence-corrected chi connectivity index (χ4v) is 4.21. The molecule has 1 aliphatic rings. The number of nitrogens with zero attached hydrogens (tertiary/aromatic N) is 5. The number of carbonyl (C=O) groups excluding carboxylic acids is 1.